The van der Waals surface area contributed by atoms with Crippen LogP contribution in [0.3, 0.4) is 0 Å². The second-order valence-corrected chi connectivity index (χ2v) is 6.72. The van der Waals surface area contributed by atoms with Crippen molar-refractivity contribution in [3.63, 3.8) is 0 Å². The maximum Gasteiger partial charge on any atom is 0.317 e. The summed E-state index contributed by atoms with van der Waals surface area (Å²) in [5.74, 6) is 1.15. The van der Waals surface area contributed by atoms with Gasteiger partial charge in [-0.05, 0) is 23.1 Å². The molecule has 5 nitrogen and oxygen atoms in total. The molecule has 140 valence electrons. The number of nitrogens with one attached hydrogen (secondary N) is 1. The number of hydrogen-bond acceptors (Lipinski definition) is 3. The lowest BCUT2D eigenvalue weighted by Crippen LogP contribution is -2.41. The molecule has 0 aliphatic rings. The number of carbonyl (C=O) groups is 1. The van der Waals surface area contributed by atoms with Gasteiger partial charge in [-0.15, -0.1) is 0 Å². The van der Waals surface area contributed by atoms with E-state index in [4.69, 9.17) is 9.84 Å². The molecule has 2 N–H and O–H groups in total. The molecule has 26 heavy (non-hydrogen) atoms. The minimum absolute atomic E-state index is 0.0215. The first-order chi connectivity index (χ1) is 12.5. The first kappa shape index (κ1) is 19.8. The van der Waals surface area contributed by atoms with Gasteiger partial charge in [0.2, 0.25) is 0 Å². The van der Waals surface area contributed by atoms with Gasteiger partial charge in [0.25, 0.3) is 0 Å². The van der Waals surface area contributed by atoms with Gasteiger partial charge >= 0.3 is 6.03 Å². The molecule has 0 unspecified atom stereocenters. The minimum atomic E-state index is -0.101. The van der Waals surface area contributed by atoms with Crippen molar-refractivity contribution < 1.29 is 14.6 Å². The van der Waals surface area contributed by atoms with Crippen molar-refractivity contribution in [2.45, 2.75) is 33.5 Å². The van der Waals surface area contributed by atoms with E-state index in [-0.39, 0.29) is 12.6 Å². The lowest BCUT2D eigenvalue weighted by Gasteiger charge is -2.26. The Hall–Kier alpha value is -2.53. The Kier molecular flexibility index (Phi) is 7.48. The summed E-state index contributed by atoms with van der Waals surface area (Å²) in [6, 6.07) is 15.2. The normalized spacial score (nSPS) is 10.7. The number of rotatable bonds is 8. The highest BCUT2D eigenvalue weighted by Crippen LogP contribution is 2.20. The van der Waals surface area contributed by atoms with Crippen molar-refractivity contribution >= 4 is 6.03 Å². The second kappa shape index (κ2) is 9.82. The van der Waals surface area contributed by atoms with Crippen LogP contribution in [0.5, 0.6) is 5.75 Å². The lowest BCUT2D eigenvalue weighted by atomic mass is 10.1. The van der Waals surface area contributed by atoms with E-state index in [2.05, 4.69) is 19.2 Å². The fourth-order valence-electron chi connectivity index (χ4n) is 2.75. The van der Waals surface area contributed by atoms with Gasteiger partial charge in [-0.25, -0.2) is 4.79 Å². The van der Waals surface area contributed by atoms with Crippen LogP contribution >= 0.6 is 0 Å². The zero-order valence-electron chi connectivity index (χ0n) is 15.7. The Bertz CT molecular complexity index is 699. The van der Waals surface area contributed by atoms with Gasteiger partial charge < -0.3 is 20.1 Å². The number of amides is 2. The van der Waals surface area contributed by atoms with Crippen LogP contribution in [-0.4, -0.2) is 29.7 Å². The van der Waals surface area contributed by atoms with Gasteiger partial charge in [0, 0.05) is 18.7 Å². The van der Waals surface area contributed by atoms with E-state index < -0.39 is 0 Å². The monoisotopic (exact) mass is 356 g/mol. The summed E-state index contributed by atoms with van der Waals surface area (Å²) in [4.78, 5) is 14.5. The fourth-order valence-corrected chi connectivity index (χ4v) is 2.75. The summed E-state index contributed by atoms with van der Waals surface area (Å²) in [5.41, 5.74) is 2.84. The first-order valence-electron chi connectivity index (χ1n) is 8.86. The number of aliphatic hydroxyl groups excluding tert-OH is 1. The van der Waals surface area contributed by atoms with Gasteiger partial charge in [0.05, 0.1) is 20.3 Å². The Balaban J connectivity index is 2.03. The topological polar surface area (TPSA) is 61.8 Å². The Morgan fingerprint density at radius 3 is 2.38 bits per heavy atom. The molecule has 2 amide bonds. The van der Waals surface area contributed by atoms with E-state index in [0.717, 1.165) is 22.4 Å². The molecule has 0 aliphatic heterocycles. The van der Waals surface area contributed by atoms with Gasteiger partial charge in [0.15, 0.2) is 0 Å². The third-order valence-corrected chi connectivity index (χ3v) is 4.08. The summed E-state index contributed by atoms with van der Waals surface area (Å²) in [6.45, 7) is 5.82. The Morgan fingerprint density at radius 2 is 1.77 bits per heavy atom. The van der Waals surface area contributed by atoms with E-state index in [1.54, 1.807) is 7.11 Å². The molecule has 2 aromatic rings. The summed E-state index contributed by atoms with van der Waals surface area (Å²) in [7, 11) is 1.64. The number of para-hydroxylation sites is 1. The first-order valence-corrected chi connectivity index (χ1v) is 8.86. The van der Waals surface area contributed by atoms with Crippen molar-refractivity contribution in [3.05, 3.63) is 65.2 Å². The third-order valence-electron chi connectivity index (χ3n) is 4.08. The number of urea groups is 1. The van der Waals surface area contributed by atoms with Crippen LogP contribution in [0.25, 0.3) is 0 Å². The van der Waals surface area contributed by atoms with Gasteiger partial charge in [-0.2, -0.15) is 0 Å². The molecule has 0 bridgehead atoms. The molecule has 2 rings (SSSR count). The molecular formula is C21H28N2O3. The van der Waals surface area contributed by atoms with Crippen LogP contribution in [0, 0.1) is 5.92 Å². The Labute approximate surface area is 155 Å². The number of methoxy groups -OCH3 is 1. The number of hydrogen-bond donors (Lipinski definition) is 2. The summed E-state index contributed by atoms with van der Waals surface area (Å²) in [5, 5.41) is 12.1. The number of benzene rings is 2. The smallest absolute Gasteiger partial charge is 0.317 e. The van der Waals surface area contributed by atoms with Gasteiger partial charge in [0.1, 0.15) is 5.75 Å². The highest BCUT2D eigenvalue weighted by Gasteiger charge is 2.17. The molecule has 0 atom stereocenters. The average Bonchev–Trinajstić information content (AvgIpc) is 2.66. The molecule has 0 spiro atoms. The average molecular weight is 356 g/mol. The summed E-state index contributed by atoms with van der Waals surface area (Å²) in [6.07, 6.45) is 0. The lowest BCUT2D eigenvalue weighted by molar-refractivity contribution is 0.186. The van der Waals surface area contributed by atoms with E-state index in [1.807, 2.05) is 53.4 Å². The number of ether oxygens (including phenoxy) is 1. The van der Waals surface area contributed by atoms with Crippen LogP contribution in [-0.2, 0) is 19.7 Å². The number of nitrogens with zero attached hydrogens (tertiary/aromatic N) is 1. The molecule has 0 saturated heterocycles. The van der Waals surface area contributed by atoms with Crippen LogP contribution in [0.1, 0.15) is 30.5 Å². The van der Waals surface area contributed by atoms with Crippen LogP contribution < -0.4 is 10.1 Å². The summed E-state index contributed by atoms with van der Waals surface area (Å²) >= 11 is 0. The van der Waals surface area contributed by atoms with Crippen molar-refractivity contribution in [1.29, 1.82) is 0 Å². The molecule has 0 radical (unpaired) electrons. The number of carbonyl (C=O) groups excluding carboxylic acids is 1. The maximum absolute atomic E-state index is 12.7. The minimum Gasteiger partial charge on any atom is -0.496 e. The van der Waals surface area contributed by atoms with Crippen molar-refractivity contribution in [2.75, 3.05) is 13.7 Å². The van der Waals surface area contributed by atoms with Crippen molar-refractivity contribution in [1.82, 2.24) is 10.2 Å². The van der Waals surface area contributed by atoms with E-state index in [1.165, 1.54) is 0 Å². The molecule has 0 aromatic heterocycles. The van der Waals surface area contributed by atoms with E-state index in [0.29, 0.717) is 25.6 Å². The fraction of sp³-hybridized carbons (Fsp3) is 0.381. The van der Waals surface area contributed by atoms with Crippen LogP contribution in [0.2, 0.25) is 0 Å². The maximum atomic E-state index is 12.7. The highest BCUT2D eigenvalue weighted by atomic mass is 16.5. The molecule has 5 heteroatoms. The molecular weight excluding hydrogens is 328 g/mol. The van der Waals surface area contributed by atoms with E-state index in [9.17, 15) is 4.79 Å². The quantitative estimate of drug-likeness (QED) is 0.760. The molecule has 0 aliphatic carbocycles. The summed E-state index contributed by atoms with van der Waals surface area (Å²) < 4.78 is 5.40. The van der Waals surface area contributed by atoms with Crippen molar-refractivity contribution in [3.8, 4) is 5.75 Å². The van der Waals surface area contributed by atoms with E-state index >= 15 is 0 Å². The van der Waals surface area contributed by atoms with Gasteiger partial charge in [-0.3, -0.25) is 0 Å². The largest absolute Gasteiger partial charge is 0.496 e. The Morgan fingerprint density at radius 1 is 1.12 bits per heavy atom. The van der Waals surface area contributed by atoms with Gasteiger partial charge in [-0.1, -0.05) is 56.3 Å². The van der Waals surface area contributed by atoms with Crippen LogP contribution in [0.4, 0.5) is 4.79 Å². The molecule has 0 fully saturated rings. The molecule has 0 saturated carbocycles. The second-order valence-electron chi connectivity index (χ2n) is 6.72. The van der Waals surface area contributed by atoms with Crippen molar-refractivity contribution in [2.24, 2.45) is 5.92 Å². The predicted molar refractivity (Wildman–Crippen MR) is 103 cm³/mol. The highest BCUT2D eigenvalue weighted by molar-refractivity contribution is 5.74. The number of aliphatic hydroxyl groups is 1. The molecule has 2 aromatic carbocycles. The third kappa shape index (κ3) is 5.77. The molecule has 0 heterocycles. The standard InChI is InChI=1S/C21H28N2O3/c1-16(2)13-23(14-19-6-4-5-7-20(19)26-3)21(25)22-12-17-8-10-18(15-24)11-9-17/h4-11,16,24H,12-15H2,1-3H3,(H,22,25). The SMILES string of the molecule is COc1ccccc1CN(CC(C)C)C(=O)NCc1ccc(CO)cc1. The predicted octanol–water partition coefficient (Wildman–Crippen LogP) is 3.56. The zero-order chi connectivity index (χ0) is 18.9. The zero-order valence-corrected chi connectivity index (χ0v) is 15.7. The van der Waals surface area contributed by atoms with Crippen LogP contribution in [0.15, 0.2) is 48.5 Å².